The van der Waals surface area contributed by atoms with Crippen LogP contribution in [0.2, 0.25) is 0 Å². The highest BCUT2D eigenvalue weighted by Gasteiger charge is 2.12. The molecule has 0 spiro atoms. The summed E-state index contributed by atoms with van der Waals surface area (Å²) in [6.45, 7) is 4.05. The zero-order chi connectivity index (χ0) is 18.9. The summed E-state index contributed by atoms with van der Waals surface area (Å²) >= 11 is 6.28. The van der Waals surface area contributed by atoms with Gasteiger partial charge in [-0.3, -0.25) is 25.8 Å². The van der Waals surface area contributed by atoms with Crippen LogP contribution in [-0.2, 0) is 4.79 Å². The highest BCUT2D eigenvalue weighted by molar-refractivity contribution is 7.80. The van der Waals surface area contributed by atoms with Crippen molar-refractivity contribution in [1.82, 2.24) is 16.2 Å². The Morgan fingerprint density at radius 1 is 1.19 bits per heavy atom. The Hall–Kier alpha value is -2.45. The largest absolute Gasteiger partial charge is 0.483 e. The first-order valence-electron chi connectivity index (χ1n) is 8.16. The summed E-state index contributed by atoms with van der Waals surface area (Å²) in [6, 6.07) is 11.1. The molecular formula is C18H21N3O3S2. The average Bonchev–Trinajstić information content (AvgIpc) is 3.19. The Kier molecular flexibility index (Phi) is 7.55. The van der Waals surface area contributed by atoms with Crippen molar-refractivity contribution in [2.75, 3.05) is 6.61 Å². The van der Waals surface area contributed by atoms with Crippen LogP contribution < -0.4 is 20.9 Å². The van der Waals surface area contributed by atoms with Gasteiger partial charge in [-0.05, 0) is 47.6 Å². The summed E-state index contributed by atoms with van der Waals surface area (Å²) in [7, 11) is 0. The van der Waals surface area contributed by atoms with E-state index in [1.165, 1.54) is 11.3 Å². The number of carbonyl (C=O) groups is 2. The number of carbonyl (C=O) groups excluding carboxylic acids is 2. The van der Waals surface area contributed by atoms with E-state index in [0.717, 1.165) is 12.0 Å². The van der Waals surface area contributed by atoms with E-state index < -0.39 is 5.91 Å². The molecule has 1 unspecified atom stereocenters. The molecule has 0 aliphatic heterocycles. The van der Waals surface area contributed by atoms with Crippen molar-refractivity contribution in [2.45, 2.75) is 26.2 Å². The molecule has 0 aliphatic carbocycles. The third-order valence-corrected chi connectivity index (χ3v) is 4.78. The van der Waals surface area contributed by atoms with Crippen molar-refractivity contribution >= 4 is 40.5 Å². The monoisotopic (exact) mass is 391 g/mol. The highest BCUT2D eigenvalue weighted by Crippen LogP contribution is 2.28. The first kappa shape index (κ1) is 19.9. The molecule has 8 heteroatoms. The summed E-state index contributed by atoms with van der Waals surface area (Å²) in [5, 5.41) is 4.28. The van der Waals surface area contributed by atoms with Crippen LogP contribution in [0.25, 0.3) is 0 Å². The zero-order valence-electron chi connectivity index (χ0n) is 14.6. The molecule has 0 bridgehead atoms. The highest BCUT2D eigenvalue weighted by atomic mass is 32.1. The van der Waals surface area contributed by atoms with Crippen molar-refractivity contribution in [2.24, 2.45) is 0 Å². The molecule has 0 saturated carbocycles. The number of benzene rings is 1. The molecule has 3 N–H and O–H groups in total. The number of hydrogen-bond donors (Lipinski definition) is 3. The van der Waals surface area contributed by atoms with E-state index >= 15 is 0 Å². The van der Waals surface area contributed by atoms with Gasteiger partial charge in [0.15, 0.2) is 11.7 Å². The Morgan fingerprint density at radius 3 is 2.65 bits per heavy atom. The van der Waals surface area contributed by atoms with E-state index in [1.807, 2.05) is 24.3 Å². The second kappa shape index (κ2) is 9.88. The molecule has 6 nitrogen and oxygen atoms in total. The number of amides is 2. The second-order valence-corrected chi connectivity index (χ2v) is 6.93. The quantitative estimate of drug-likeness (QED) is 0.521. The number of para-hydroxylation sites is 1. The first-order chi connectivity index (χ1) is 12.5. The van der Waals surface area contributed by atoms with Gasteiger partial charge in [-0.15, -0.1) is 11.3 Å². The minimum Gasteiger partial charge on any atom is -0.483 e. The fourth-order valence-electron chi connectivity index (χ4n) is 2.15. The van der Waals surface area contributed by atoms with E-state index in [1.54, 1.807) is 17.5 Å². The molecular weight excluding hydrogens is 370 g/mol. The van der Waals surface area contributed by atoms with Gasteiger partial charge in [0.25, 0.3) is 11.8 Å². The molecule has 2 amide bonds. The number of thiocarbonyl (C=S) groups is 1. The Labute approximate surface area is 161 Å². The van der Waals surface area contributed by atoms with Gasteiger partial charge in [0.2, 0.25) is 0 Å². The van der Waals surface area contributed by atoms with Crippen molar-refractivity contribution in [3.63, 3.8) is 0 Å². The molecule has 0 fully saturated rings. The van der Waals surface area contributed by atoms with Crippen LogP contribution in [0.4, 0.5) is 0 Å². The summed E-state index contributed by atoms with van der Waals surface area (Å²) in [6.07, 6.45) is 0.979. The fourth-order valence-corrected chi connectivity index (χ4v) is 2.91. The van der Waals surface area contributed by atoms with Gasteiger partial charge >= 0.3 is 0 Å². The van der Waals surface area contributed by atoms with Gasteiger partial charge in [-0.1, -0.05) is 38.1 Å². The number of thiophene rings is 1. The van der Waals surface area contributed by atoms with E-state index in [0.29, 0.717) is 16.5 Å². The van der Waals surface area contributed by atoms with Crippen LogP contribution in [0.5, 0.6) is 5.75 Å². The van der Waals surface area contributed by atoms with Crippen molar-refractivity contribution in [3.05, 3.63) is 52.2 Å². The van der Waals surface area contributed by atoms with Gasteiger partial charge < -0.3 is 4.74 Å². The number of hydrogen-bond acceptors (Lipinski definition) is 5. The van der Waals surface area contributed by atoms with Crippen molar-refractivity contribution in [1.29, 1.82) is 0 Å². The summed E-state index contributed by atoms with van der Waals surface area (Å²) in [4.78, 5) is 24.3. The van der Waals surface area contributed by atoms with Gasteiger partial charge in [0.1, 0.15) is 5.75 Å². The molecule has 2 aromatic rings. The fraction of sp³-hybridized carbons (Fsp3) is 0.278. The maximum absolute atomic E-state index is 11.9. The maximum Gasteiger partial charge on any atom is 0.276 e. The summed E-state index contributed by atoms with van der Waals surface area (Å²) < 4.78 is 5.61. The van der Waals surface area contributed by atoms with E-state index in [-0.39, 0.29) is 17.6 Å². The predicted molar refractivity (Wildman–Crippen MR) is 106 cm³/mol. The second-order valence-electron chi connectivity index (χ2n) is 5.57. The molecule has 0 saturated heterocycles. The van der Waals surface area contributed by atoms with Crippen LogP contribution in [0.1, 0.15) is 41.4 Å². The third kappa shape index (κ3) is 5.82. The molecule has 1 atom stereocenters. The molecule has 0 radical (unpaired) electrons. The molecule has 0 aliphatic rings. The van der Waals surface area contributed by atoms with E-state index in [2.05, 4.69) is 30.0 Å². The Bertz CT molecular complexity index is 763. The molecule has 26 heavy (non-hydrogen) atoms. The van der Waals surface area contributed by atoms with Crippen LogP contribution in [0.15, 0.2) is 41.8 Å². The number of rotatable bonds is 6. The SMILES string of the molecule is CCC(C)c1ccccc1OCC(=O)NNC(=S)NC(=O)c1cccs1. The first-order valence-corrected chi connectivity index (χ1v) is 9.45. The third-order valence-electron chi connectivity index (χ3n) is 3.71. The maximum atomic E-state index is 11.9. The lowest BCUT2D eigenvalue weighted by molar-refractivity contribution is -0.123. The molecule has 1 heterocycles. The number of hydrazine groups is 1. The van der Waals surface area contributed by atoms with E-state index in [4.69, 9.17) is 17.0 Å². The Balaban J connectivity index is 1.77. The topological polar surface area (TPSA) is 79.5 Å². The Morgan fingerprint density at radius 2 is 1.96 bits per heavy atom. The summed E-state index contributed by atoms with van der Waals surface area (Å²) in [5.74, 6) is 0.292. The van der Waals surface area contributed by atoms with Crippen molar-refractivity contribution in [3.8, 4) is 5.75 Å². The molecule has 138 valence electrons. The predicted octanol–water partition coefficient (Wildman–Crippen LogP) is 2.98. The van der Waals surface area contributed by atoms with Crippen LogP contribution in [-0.4, -0.2) is 23.5 Å². The normalized spacial score (nSPS) is 11.3. The average molecular weight is 392 g/mol. The lowest BCUT2D eigenvalue weighted by atomic mass is 9.98. The van der Waals surface area contributed by atoms with Gasteiger partial charge in [-0.25, -0.2) is 0 Å². The lowest BCUT2D eigenvalue weighted by Gasteiger charge is -2.16. The van der Waals surface area contributed by atoms with Gasteiger partial charge in [0, 0.05) is 0 Å². The minimum absolute atomic E-state index is 0.0109. The number of nitrogens with one attached hydrogen (secondary N) is 3. The van der Waals surface area contributed by atoms with Crippen LogP contribution in [0, 0.1) is 0 Å². The van der Waals surface area contributed by atoms with E-state index in [9.17, 15) is 9.59 Å². The number of ether oxygens (including phenoxy) is 1. The minimum atomic E-state index is -0.406. The van der Waals surface area contributed by atoms with Gasteiger partial charge in [-0.2, -0.15) is 0 Å². The van der Waals surface area contributed by atoms with Gasteiger partial charge in [0.05, 0.1) is 4.88 Å². The molecule has 2 rings (SSSR count). The van der Waals surface area contributed by atoms with Crippen LogP contribution in [0.3, 0.4) is 0 Å². The van der Waals surface area contributed by atoms with Crippen molar-refractivity contribution < 1.29 is 14.3 Å². The molecule has 1 aromatic carbocycles. The smallest absolute Gasteiger partial charge is 0.276 e. The zero-order valence-corrected chi connectivity index (χ0v) is 16.2. The standard InChI is InChI=1S/C18H21N3O3S2/c1-3-12(2)13-7-4-5-8-14(13)24-11-16(22)20-21-18(25)19-17(23)15-9-6-10-26-15/h4-10,12H,3,11H2,1-2H3,(H,20,22)(H2,19,21,23,25). The van der Waals surface area contributed by atoms with Crippen LogP contribution >= 0.6 is 23.6 Å². The summed E-state index contributed by atoms with van der Waals surface area (Å²) in [5.41, 5.74) is 5.95. The lowest BCUT2D eigenvalue weighted by Crippen LogP contribution is -2.49. The molecule has 1 aromatic heterocycles.